The van der Waals surface area contributed by atoms with Crippen LogP contribution in [0, 0.1) is 0 Å². The number of hydrogen-bond acceptors (Lipinski definition) is 9. The summed E-state index contributed by atoms with van der Waals surface area (Å²) >= 11 is 0. The van der Waals surface area contributed by atoms with Gasteiger partial charge in [-0.2, -0.15) is 0 Å². The van der Waals surface area contributed by atoms with E-state index in [0.29, 0.717) is 6.42 Å². The monoisotopic (exact) mass is 539 g/mol. The Kier molecular flexibility index (Phi) is 20.6. The number of esters is 2. The van der Waals surface area contributed by atoms with Crippen molar-refractivity contribution in [2.45, 2.75) is 116 Å². The van der Waals surface area contributed by atoms with E-state index in [4.69, 9.17) is 24.8 Å². The summed E-state index contributed by atoms with van der Waals surface area (Å²) in [6.45, 7) is 1.65. The second kappa shape index (κ2) is 21.6. The van der Waals surface area contributed by atoms with Crippen LogP contribution in [-0.4, -0.2) is 59.9 Å². The number of carbonyl (C=O) groups excluding carboxylic acids is 2. The van der Waals surface area contributed by atoms with Gasteiger partial charge >= 0.3 is 25.7 Å². The summed E-state index contributed by atoms with van der Waals surface area (Å²) in [5.41, 5.74) is 5.20. The van der Waals surface area contributed by atoms with Crippen molar-refractivity contribution < 1.29 is 47.5 Å². The third kappa shape index (κ3) is 21.7. The van der Waals surface area contributed by atoms with Crippen molar-refractivity contribution >= 4 is 25.7 Å². The summed E-state index contributed by atoms with van der Waals surface area (Å²) in [5, 5.41) is 8.67. The highest BCUT2D eigenvalue weighted by molar-refractivity contribution is 7.47. The lowest BCUT2D eigenvalue weighted by Crippen LogP contribution is -2.34. The molecule has 11 nitrogen and oxygen atoms in total. The number of phosphoric ester groups is 1. The molecule has 0 bridgehead atoms. The molecule has 0 aliphatic carbocycles. The Bertz CT molecular complexity index is 661. The largest absolute Gasteiger partial charge is 0.480 e. The first-order valence-electron chi connectivity index (χ1n) is 13.0. The normalized spacial score (nSPS) is 14.6. The molecule has 0 heterocycles. The van der Waals surface area contributed by atoms with E-state index in [9.17, 15) is 23.8 Å². The fourth-order valence-electron chi connectivity index (χ4n) is 3.36. The van der Waals surface area contributed by atoms with Gasteiger partial charge in [0.05, 0.1) is 13.2 Å². The second-order valence-corrected chi connectivity index (χ2v) is 10.4. The molecule has 0 spiro atoms. The molecular weight excluding hydrogens is 493 g/mol. The Morgan fingerprint density at radius 2 is 1.28 bits per heavy atom. The van der Waals surface area contributed by atoms with E-state index in [1.165, 1.54) is 57.8 Å². The molecule has 0 amide bonds. The van der Waals surface area contributed by atoms with Gasteiger partial charge in [-0.3, -0.25) is 23.4 Å². The summed E-state index contributed by atoms with van der Waals surface area (Å²) in [4.78, 5) is 43.5. The number of carbonyl (C=O) groups is 3. The van der Waals surface area contributed by atoms with Crippen LogP contribution in [0.1, 0.15) is 104 Å². The predicted molar refractivity (Wildman–Crippen MR) is 134 cm³/mol. The molecule has 4 N–H and O–H groups in total. The molecule has 3 atom stereocenters. The zero-order valence-corrected chi connectivity index (χ0v) is 22.8. The van der Waals surface area contributed by atoms with Crippen LogP contribution >= 0.6 is 7.82 Å². The third-order valence-electron chi connectivity index (χ3n) is 5.41. The van der Waals surface area contributed by atoms with Crippen LogP contribution < -0.4 is 5.73 Å². The molecule has 36 heavy (non-hydrogen) atoms. The SMILES string of the molecule is CCCCCCCCCCCCCCCC(=O)OC[C@H](COP(=O)(O)OC[C@H](N)C(=O)O)OC(C)=O. The zero-order chi connectivity index (χ0) is 27.2. The first-order valence-corrected chi connectivity index (χ1v) is 14.5. The average molecular weight is 540 g/mol. The Morgan fingerprint density at radius 1 is 0.806 bits per heavy atom. The van der Waals surface area contributed by atoms with E-state index in [2.05, 4.69) is 11.4 Å². The van der Waals surface area contributed by atoms with Gasteiger partial charge in [0, 0.05) is 13.3 Å². The molecule has 0 fully saturated rings. The molecule has 0 saturated carbocycles. The highest BCUT2D eigenvalue weighted by atomic mass is 31.2. The van der Waals surface area contributed by atoms with Gasteiger partial charge in [0.2, 0.25) is 0 Å². The van der Waals surface area contributed by atoms with Crippen LogP contribution in [0.2, 0.25) is 0 Å². The van der Waals surface area contributed by atoms with Gasteiger partial charge in [-0.25, -0.2) is 4.57 Å². The Hall–Kier alpha value is -1.52. The van der Waals surface area contributed by atoms with Gasteiger partial charge in [0.1, 0.15) is 12.6 Å². The van der Waals surface area contributed by atoms with Gasteiger partial charge in [0.25, 0.3) is 0 Å². The van der Waals surface area contributed by atoms with E-state index in [1.807, 2.05) is 0 Å². The molecule has 0 rings (SSSR count). The van der Waals surface area contributed by atoms with E-state index in [1.54, 1.807) is 0 Å². The molecule has 1 unspecified atom stereocenters. The summed E-state index contributed by atoms with van der Waals surface area (Å²) in [6, 6.07) is -1.51. The van der Waals surface area contributed by atoms with Gasteiger partial charge < -0.3 is 25.2 Å². The molecule has 0 radical (unpaired) electrons. The molecular formula is C24H46NO10P. The maximum Gasteiger partial charge on any atom is 0.472 e. The molecule has 12 heteroatoms. The minimum atomic E-state index is -4.65. The maximum absolute atomic E-state index is 12.0. The van der Waals surface area contributed by atoms with E-state index in [-0.39, 0.29) is 13.0 Å². The van der Waals surface area contributed by atoms with Crippen molar-refractivity contribution in [3.05, 3.63) is 0 Å². The maximum atomic E-state index is 12.0. The Balaban J connectivity index is 3.98. The highest BCUT2D eigenvalue weighted by Crippen LogP contribution is 2.43. The highest BCUT2D eigenvalue weighted by Gasteiger charge is 2.27. The van der Waals surface area contributed by atoms with Gasteiger partial charge in [-0.15, -0.1) is 0 Å². The standard InChI is InChI=1S/C24H46NO10P/c1-3-4-5-6-7-8-9-10-11-12-13-14-15-16-23(27)32-17-21(35-20(2)26)18-33-36(30,31)34-19-22(25)24(28)29/h21-22H,3-19,25H2,1-2H3,(H,28,29)(H,30,31)/t21-,22+/m1/s1. The number of phosphoric acid groups is 1. The van der Waals surface area contributed by atoms with Crippen LogP contribution in [0.15, 0.2) is 0 Å². The number of carboxylic acid groups (broad SMARTS) is 1. The van der Waals surface area contributed by atoms with E-state index in [0.717, 1.165) is 26.2 Å². The summed E-state index contributed by atoms with van der Waals surface area (Å²) < 4.78 is 31.1. The molecule has 212 valence electrons. The zero-order valence-electron chi connectivity index (χ0n) is 21.9. The van der Waals surface area contributed by atoms with Crippen LogP contribution in [0.25, 0.3) is 0 Å². The molecule has 0 aromatic rings. The van der Waals surface area contributed by atoms with Gasteiger partial charge in [0.15, 0.2) is 6.10 Å². The first-order chi connectivity index (χ1) is 17.1. The topological polar surface area (TPSA) is 172 Å². The Labute approximate surface area is 215 Å². The smallest absolute Gasteiger partial charge is 0.472 e. The summed E-state index contributed by atoms with van der Waals surface area (Å²) in [7, 11) is -4.65. The minimum absolute atomic E-state index is 0.222. The fraction of sp³-hybridized carbons (Fsp3) is 0.875. The van der Waals surface area contributed by atoms with Gasteiger partial charge in [-0.1, -0.05) is 84.0 Å². The Morgan fingerprint density at radius 3 is 1.75 bits per heavy atom. The van der Waals surface area contributed by atoms with Crippen molar-refractivity contribution in [2.24, 2.45) is 5.73 Å². The fourth-order valence-corrected chi connectivity index (χ4v) is 4.13. The van der Waals surface area contributed by atoms with Crippen LogP contribution in [-0.2, 0) is 37.5 Å². The average Bonchev–Trinajstić information content (AvgIpc) is 2.82. The second-order valence-electron chi connectivity index (χ2n) is 8.91. The first kappa shape index (κ1) is 34.5. The quantitative estimate of drug-likeness (QED) is 0.0896. The molecule has 0 saturated heterocycles. The lowest BCUT2D eigenvalue weighted by Gasteiger charge is -2.19. The summed E-state index contributed by atoms with van der Waals surface area (Å²) in [5.74, 6) is -2.58. The van der Waals surface area contributed by atoms with Crippen molar-refractivity contribution in [3.63, 3.8) is 0 Å². The predicted octanol–water partition coefficient (Wildman–Crippen LogP) is 4.49. The molecule has 0 aromatic heterocycles. The van der Waals surface area contributed by atoms with Crippen molar-refractivity contribution in [1.82, 2.24) is 0 Å². The van der Waals surface area contributed by atoms with Crippen molar-refractivity contribution in [3.8, 4) is 0 Å². The molecule has 0 aromatic carbocycles. The van der Waals surface area contributed by atoms with Crippen LogP contribution in [0.3, 0.4) is 0 Å². The molecule has 0 aliphatic rings. The lowest BCUT2D eigenvalue weighted by atomic mass is 10.0. The van der Waals surface area contributed by atoms with Crippen molar-refractivity contribution in [2.75, 3.05) is 19.8 Å². The number of ether oxygens (including phenoxy) is 2. The number of carboxylic acids is 1. The number of nitrogens with two attached hydrogens (primary N) is 1. The number of aliphatic carboxylic acids is 1. The number of unbranched alkanes of at least 4 members (excludes halogenated alkanes) is 12. The number of rotatable bonds is 24. The van der Waals surface area contributed by atoms with E-state index >= 15 is 0 Å². The van der Waals surface area contributed by atoms with Crippen molar-refractivity contribution in [1.29, 1.82) is 0 Å². The van der Waals surface area contributed by atoms with Crippen LogP contribution in [0.5, 0.6) is 0 Å². The number of hydrogen-bond donors (Lipinski definition) is 3. The lowest BCUT2D eigenvalue weighted by molar-refractivity contribution is -0.159. The van der Waals surface area contributed by atoms with E-state index < -0.39 is 51.1 Å². The molecule has 0 aliphatic heterocycles. The van der Waals surface area contributed by atoms with Crippen LogP contribution in [0.4, 0.5) is 0 Å². The minimum Gasteiger partial charge on any atom is -0.480 e. The van der Waals surface area contributed by atoms with Gasteiger partial charge in [-0.05, 0) is 6.42 Å². The third-order valence-corrected chi connectivity index (χ3v) is 6.36. The summed E-state index contributed by atoms with van der Waals surface area (Å²) in [6.07, 6.45) is 14.6.